The molecule has 4 nitrogen and oxygen atoms in total. The average Bonchev–Trinajstić information content (AvgIpc) is 3.22. The molecule has 4 rings (SSSR count). The summed E-state index contributed by atoms with van der Waals surface area (Å²) in [5, 5.41) is 3.65. The Morgan fingerprint density at radius 3 is 1.94 bits per heavy atom. The number of hydrogen-bond donors (Lipinski definition) is 1. The highest BCUT2D eigenvalue weighted by atomic mass is 127. The first-order chi connectivity index (χ1) is 15.0. The summed E-state index contributed by atoms with van der Waals surface area (Å²) in [5.74, 6) is 0. The molecule has 4 aromatic rings. The maximum Gasteiger partial charge on any atom is 0.171 e. The molecule has 0 saturated carbocycles. The first-order valence-corrected chi connectivity index (χ1v) is 15.7. The standard InChI is InChI=1S/C16H24ClIN2Si.C7H4ClIN2/c1-10(2)21(11(3)4,12(5)6)20-9-15(18)14-7-13(17)8-19-16(14)20;8-4-1-5-6(9)3-11-7(5)10-2-4/h7-12H,1-6H3;1-3H,(H,10,11). The van der Waals surface area contributed by atoms with E-state index in [-0.39, 0.29) is 0 Å². The normalized spacial score (nSPS) is 12.3. The monoisotopic (exact) mass is 712 g/mol. The molecule has 0 bridgehead atoms. The minimum absolute atomic E-state index is 0.654. The van der Waals surface area contributed by atoms with Crippen LogP contribution in [0.3, 0.4) is 0 Å². The van der Waals surface area contributed by atoms with Gasteiger partial charge in [-0.05, 0) is 73.9 Å². The van der Waals surface area contributed by atoms with Crippen LogP contribution < -0.4 is 0 Å². The Morgan fingerprint density at radius 1 is 0.844 bits per heavy atom. The number of pyridine rings is 2. The predicted molar refractivity (Wildman–Crippen MR) is 158 cm³/mol. The van der Waals surface area contributed by atoms with Crippen molar-refractivity contribution in [2.45, 2.75) is 58.2 Å². The van der Waals surface area contributed by atoms with E-state index >= 15 is 0 Å². The van der Waals surface area contributed by atoms with Crippen molar-refractivity contribution in [3.05, 3.63) is 54.1 Å². The SMILES string of the molecule is CC(C)[Si](C(C)C)(C(C)C)n1cc(I)c2cc(Cl)cnc21.Clc1cnc2[nH]cc(I)c2c1. The minimum Gasteiger partial charge on any atom is -0.358 e. The summed E-state index contributed by atoms with van der Waals surface area (Å²) >= 11 is 16.6. The Kier molecular flexibility index (Phi) is 8.61. The van der Waals surface area contributed by atoms with Gasteiger partial charge in [-0.25, -0.2) is 9.97 Å². The van der Waals surface area contributed by atoms with Crippen molar-refractivity contribution in [3.8, 4) is 0 Å². The van der Waals surface area contributed by atoms with Crippen molar-refractivity contribution in [3.63, 3.8) is 0 Å². The van der Waals surface area contributed by atoms with Crippen molar-refractivity contribution in [1.29, 1.82) is 0 Å². The lowest BCUT2D eigenvalue weighted by Gasteiger charge is -2.44. The second-order valence-electron chi connectivity index (χ2n) is 8.91. The van der Waals surface area contributed by atoms with E-state index in [4.69, 9.17) is 23.2 Å². The summed E-state index contributed by atoms with van der Waals surface area (Å²) in [6, 6.07) is 3.95. The minimum atomic E-state index is -1.76. The maximum absolute atomic E-state index is 6.14. The topological polar surface area (TPSA) is 46.5 Å². The molecule has 0 aliphatic carbocycles. The van der Waals surface area contributed by atoms with Gasteiger partial charge in [0.1, 0.15) is 11.3 Å². The maximum atomic E-state index is 6.14. The number of nitrogens with one attached hydrogen (secondary N) is 1. The lowest BCUT2D eigenvalue weighted by Crippen LogP contribution is -2.51. The smallest absolute Gasteiger partial charge is 0.171 e. The lowest BCUT2D eigenvalue weighted by atomic mass is 10.3. The third kappa shape index (κ3) is 4.87. The second kappa shape index (κ2) is 10.5. The number of aromatic amines is 1. The van der Waals surface area contributed by atoms with Crippen LogP contribution in [-0.2, 0) is 0 Å². The van der Waals surface area contributed by atoms with Crippen LogP contribution >= 0.6 is 68.4 Å². The molecular weight excluding hydrogens is 685 g/mol. The fourth-order valence-electron chi connectivity index (χ4n) is 5.12. The first kappa shape index (κ1) is 26.2. The highest BCUT2D eigenvalue weighted by Gasteiger charge is 2.46. The molecule has 0 radical (unpaired) electrons. The number of hydrogen-bond acceptors (Lipinski definition) is 2. The number of fused-ring (bicyclic) bond motifs is 2. The molecule has 0 aliphatic rings. The van der Waals surface area contributed by atoms with Crippen molar-refractivity contribution in [2.24, 2.45) is 0 Å². The van der Waals surface area contributed by atoms with Gasteiger partial charge in [0.05, 0.1) is 10.0 Å². The van der Waals surface area contributed by atoms with Gasteiger partial charge in [0.25, 0.3) is 0 Å². The van der Waals surface area contributed by atoms with Gasteiger partial charge in [-0.2, -0.15) is 0 Å². The van der Waals surface area contributed by atoms with E-state index in [1.54, 1.807) is 12.4 Å². The van der Waals surface area contributed by atoms with Crippen molar-refractivity contribution >= 4 is 98.7 Å². The third-order valence-corrected chi connectivity index (χ3v) is 15.1. The van der Waals surface area contributed by atoms with Crippen LogP contribution in [0.4, 0.5) is 0 Å². The fourth-order valence-corrected chi connectivity index (χ4v) is 13.5. The zero-order chi connectivity index (χ0) is 23.8. The number of H-pyrrole nitrogens is 1. The number of aromatic nitrogens is 4. The van der Waals surface area contributed by atoms with Crippen LogP contribution in [0, 0.1) is 7.14 Å². The van der Waals surface area contributed by atoms with Gasteiger partial charge in [0.2, 0.25) is 0 Å². The Bertz CT molecular complexity index is 1210. The average molecular weight is 713 g/mol. The van der Waals surface area contributed by atoms with E-state index in [0.29, 0.717) is 26.7 Å². The molecular formula is C23H28Cl2I2N4Si. The number of rotatable bonds is 4. The molecule has 0 atom stereocenters. The Morgan fingerprint density at radius 2 is 1.38 bits per heavy atom. The van der Waals surface area contributed by atoms with Crippen molar-refractivity contribution in [1.82, 2.24) is 19.2 Å². The highest BCUT2D eigenvalue weighted by molar-refractivity contribution is 14.1. The Labute approximate surface area is 228 Å². The summed E-state index contributed by atoms with van der Waals surface area (Å²) in [5.41, 5.74) is 3.95. The molecule has 0 fully saturated rings. The zero-order valence-corrected chi connectivity index (χ0v) is 25.9. The molecule has 9 heteroatoms. The number of nitrogens with zero attached hydrogens (tertiary/aromatic N) is 3. The van der Waals surface area contributed by atoms with Crippen molar-refractivity contribution in [2.75, 3.05) is 0 Å². The molecule has 0 aliphatic heterocycles. The summed E-state index contributed by atoms with van der Waals surface area (Å²) in [7, 11) is -1.76. The van der Waals surface area contributed by atoms with E-state index in [1.807, 2.05) is 18.3 Å². The zero-order valence-electron chi connectivity index (χ0n) is 19.0. The summed E-state index contributed by atoms with van der Waals surface area (Å²) in [6.45, 7) is 14.3. The molecule has 4 heterocycles. The van der Waals surface area contributed by atoms with Crippen LogP contribution in [0.5, 0.6) is 0 Å². The Balaban J connectivity index is 0.000000219. The molecule has 0 amide bonds. The molecule has 0 saturated heterocycles. The van der Waals surface area contributed by atoms with Gasteiger partial charge in [-0.15, -0.1) is 0 Å². The van der Waals surface area contributed by atoms with Gasteiger partial charge >= 0.3 is 0 Å². The van der Waals surface area contributed by atoms with E-state index in [0.717, 1.165) is 20.3 Å². The summed E-state index contributed by atoms with van der Waals surface area (Å²) in [4.78, 5) is 11.8. The lowest BCUT2D eigenvalue weighted by molar-refractivity contribution is 0.770. The first-order valence-electron chi connectivity index (χ1n) is 10.6. The van der Waals surface area contributed by atoms with Gasteiger partial charge in [0, 0.05) is 42.7 Å². The van der Waals surface area contributed by atoms with Gasteiger partial charge in [-0.1, -0.05) is 64.7 Å². The van der Waals surface area contributed by atoms with Gasteiger partial charge < -0.3 is 9.22 Å². The van der Waals surface area contributed by atoms with E-state index in [2.05, 4.69) is 112 Å². The van der Waals surface area contributed by atoms with E-state index in [9.17, 15) is 0 Å². The fraction of sp³-hybridized carbons (Fsp3) is 0.391. The molecule has 0 aromatic carbocycles. The van der Waals surface area contributed by atoms with Crippen LogP contribution in [0.15, 0.2) is 36.9 Å². The largest absolute Gasteiger partial charge is 0.358 e. The summed E-state index contributed by atoms with van der Waals surface area (Å²) in [6.07, 6.45) is 7.63. The molecule has 0 spiro atoms. The third-order valence-electron chi connectivity index (χ3n) is 6.20. The quantitative estimate of drug-likeness (QED) is 0.170. The second-order valence-corrected chi connectivity index (χ2v) is 17.8. The van der Waals surface area contributed by atoms with Gasteiger partial charge in [0.15, 0.2) is 8.24 Å². The molecule has 32 heavy (non-hydrogen) atoms. The summed E-state index contributed by atoms with van der Waals surface area (Å²) < 4.78 is 4.93. The molecule has 172 valence electrons. The van der Waals surface area contributed by atoms with Crippen molar-refractivity contribution < 1.29 is 0 Å². The van der Waals surface area contributed by atoms with E-state index < -0.39 is 8.24 Å². The number of halogens is 4. The predicted octanol–water partition coefficient (Wildman–Crippen LogP) is 9.14. The highest BCUT2D eigenvalue weighted by Crippen LogP contribution is 2.44. The van der Waals surface area contributed by atoms with Crippen LogP contribution in [0.2, 0.25) is 26.7 Å². The van der Waals surface area contributed by atoms with Gasteiger partial charge in [-0.3, -0.25) is 0 Å². The Hall–Kier alpha value is -0.363. The van der Waals surface area contributed by atoms with Crippen LogP contribution in [0.25, 0.3) is 22.1 Å². The van der Waals surface area contributed by atoms with Crippen LogP contribution in [0.1, 0.15) is 41.5 Å². The molecule has 1 N–H and O–H groups in total. The van der Waals surface area contributed by atoms with E-state index in [1.165, 1.54) is 8.96 Å². The van der Waals surface area contributed by atoms with Crippen LogP contribution in [-0.4, -0.2) is 27.4 Å². The molecule has 0 unspecified atom stereocenters. The molecule has 4 aromatic heterocycles.